The number of nitrogens with zero attached hydrogens (tertiary/aromatic N) is 1. The normalized spacial score (nSPS) is 16.3. The largest absolute Gasteiger partial charge is 0.478 e. The Hall–Kier alpha value is -1.10. The zero-order valence-electron chi connectivity index (χ0n) is 8.65. The van der Waals surface area contributed by atoms with Crippen LogP contribution in [0.1, 0.15) is 36.0 Å². The molecule has 0 saturated heterocycles. The van der Waals surface area contributed by atoms with Crippen molar-refractivity contribution in [1.29, 1.82) is 0 Å². The first-order valence-corrected chi connectivity index (χ1v) is 6.01. The molecule has 1 aromatic heterocycles. The van der Waals surface area contributed by atoms with Gasteiger partial charge in [-0.1, -0.05) is 0 Å². The lowest BCUT2D eigenvalue weighted by Gasteiger charge is -2.13. The molecule has 16 heavy (non-hydrogen) atoms. The van der Waals surface area contributed by atoms with E-state index < -0.39 is 5.97 Å². The van der Waals surface area contributed by atoms with Gasteiger partial charge in [0.05, 0.1) is 10.0 Å². The highest BCUT2D eigenvalue weighted by Gasteiger charge is 2.18. The van der Waals surface area contributed by atoms with Crippen LogP contribution >= 0.6 is 15.9 Å². The van der Waals surface area contributed by atoms with Crippen LogP contribution < -0.4 is 4.74 Å². The number of halogens is 1. The van der Waals surface area contributed by atoms with Crippen LogP contribution in [0.25, 0.3) is 0 Å². The van der Waals surface area contributed by atoms with E-state index in [0.717, 1.165) is 12.8 Å². The first kappa shape index (κ1) is 11.4. The fourth-order valence-corrected chi connectivity index (χ4v) is 2.24. The molecule has 1 aliphatic rings. The molecule has 0 aromatic carbocycles. The minimum atomic E-state index is -0.986. The lowest BCUT2D eigenvalue weighted by atomic mass is 10.3. The van der Waals surface area contributed by atoms with E-state index in [1.165, 1.54) is 25.1 Å². The van der Waals surface area contributed by atoms with Gasteiger partial charge in [-0.05, 0) is 47.7 Å². The molecule has 0 atom stereocenters. The van der Waals surface area contributed by atoms with E-state index in [0.29, 0.717) is 10.4 Å². The summed E-state index contributed by atoms with van der Waals surface area (Å²) < 4.78 is 6.29. The van der Waals surface area contributed by atoms with Crippen molar-refractivity contribution in [3.63, 3.8) is 0 Å². The Bertz CT molecular complexity index is 402. The summed E-state index contributed by atoms with van der Waals surface area (Å²) in [7, 11) is 0. The van der Waals surface area contributed by atoms with Crippen LogP contribution in [0.3, 0.4) is 0 Å². The predicted octanol–water partition coefficient (Wildman–Crippen LogP) is 2.86. The smallest absolute Gasteiger partial charge is 0.337 e. The van der Waals surface area contributed by atoms with Crippen LogP contribution in [0.15, 0.2) is 16.7 Å². The summed E-state index contributed by atoms with van der Waals surface area (Å²) in [6.07, 6.45) is 6.02. The van der Waals surface area contributed by atoms with Crippen molar-refractivity contribution in [3.05, 3.63) is 22.3 Å². The molecule has 0 aliphatic heterocycles. The Morgan fingerprint density at radius 2 is 2.19 bits per heavy atom. The number of carbonyl (C=O) groups is 1. The Labute approximate surface area is 102 Å². The summed E-state index contributed by atoms with van der Waals surface area (Å²) >= 11 is 3.27. The second-order valence-corrected chi connectivity index (χ2v) is 4.69. The Morgan fingerprint density at radius 3 is 2.75 bits per heavy atom. The third kappa shape index (κ3) is 2.52. The van der Waals surface area contributed by atoms with E-state index in [9.17, 15) is 4.79 Å². The molecule has 1 aliphatic carbocycles. The molecular formula is C11H12BrNO3. The molecule has 0 radical (unpaired) electrons. The Kier molecular flexibility index (Phi) is 3.43. The molecule has 0 bridgehead atoms. The van der Waals surface area contributed by atoms with Gasteiger partial charge in [0.25, 0.3) is 0 Å². The van der Waals surface area contributed by atoms with Crippen LogP contribution in [0.4, 0.5) is 0 Å². The number of carboxylic acids is 1. The average Bonchev–Trinajstić information content (AvgIpc) is 2.73. The van der Waals surface area contributed by atoms with Crippen LogP contribution in [-0.4, -0.2) is 22.2 Å². The van der Waals surface area contributed by atoms with Gasteiger partial charge in [-0.15, -0.1) is 0 Å². The summed E-state index contributed by atoms with van der Waals surface area (Å²) in [5.41, 5.74) is 0.158. The minimum absolute atomic E-state index is 0.158. The molecule has 0 unspecified atom stereocenters. The van der Waals surface area contributed by atoms with Crippen LogP contribution in [0, 0.1) is 0 Å². The standard InChI is InChI=1S/C11H12BrNO3/c12-9-5-7(11(14)15)6-13-10(9)16-8-3-1-2-4-8/h5-6,8H,1-4H2,(H,14,15). The van der Waals surface area contributed by atoms with Gasteiger partial charge in [0.1, 0.15) is 6.10 Å². The van der Waals surface area contributed by atoms with E-state index >= 15 is 0 Å². The summed E-state index contributed by atoms with van der Waals surface area (Å²) in [6, 6.07) is 1.51. The summed E-state index contributed by atoms with van der Waals surface area (Å²) in [4.78, 5) is 14.7. The maximum absolute atomic E-state index is 10.7. The van der Waals surface area contributed by atoms with Crippen molar-refractivity contribution in [2.45, 2.75) is 31.8 Å². The van der Waals surface area contributed by atoms with Gasteiger partial charge in [0, 0.05) is 6.20 Å². The zero-order chi connectivity index (χ0) is 11.5. The topological polar surface area (TPSA) is 59.4 Å². The maximum Gasteiger partial charge on any atom is 0.337 e. The zero-order valence-corrected chi connectivity index (χ0v) is 10.2. The molecule has 1 N–H and O–H groups in total. The summed E-state index contributed by atoms with van der Waals surface area (Å²) in [6.45, 7) is 0. The number of aromatic carboxylic acids is 1. The van der Waals surface area contributed by atoms with Gasteiger partial charge >= 0.3 is 5.97 Å². The number of aromatic nitrogens is 1. The highest BCUT2D eigenvalue weighted by Crippen LogP contribution is 2.28. The lowest BCUT2D eigenvalue weighted by molar-refractivity contribution is 0.0696. The van der Waals surface area contributed by atoms with Crippen molar-refractivity contribution in [2.24, 2.45) is 0 Å². The Morgan fingerprint density at radius 1 is 1.50 bits per heavy atom. The van der Waals surface area contributed by atoms with Gasteiger partial charge in [-0.3, -0.25) is 0 Å². The van der Waals surface area contributed by atoms with Crippen molar-refractivity contribution in [2.75, 3.05) is 0 Å². The monoisotopic (exact) mass is 285 g/mol. The van der Waals surface area contributed by atoms with Crippen LogP contribution in [-0.2, 0) is 0 Å². The van der Waals surface area contributed by atoms with E-state index in [1.54, 1.807) is 0 Å². The highest BCUT2D eigenvalue weighted by molar-refractivity contribution is 9.10. The molecule has 1 aromatic rings. The van der Waals surface area contributed by atoms with E-state index in [1.807, 2.05) is 0 Å². The SMILES string of the molecule is O=C(O)c1cnc(OC2CCCC2)c(Br)c1. The number of rotatable bonds is 3. The second-order valence-electron chi connectivity index (χ2n) is 3.84. The fraction of sp³-hybridized carbons (Fsp3) is 0.455. The number of pyridine rings is 1. The number of hydrogen-bond donors (Lipinski definition) is 1. The first-order valence-electron chi connectivity index (χ1n) is 5.22. The predicted molar refractivity (Wildman–Crippen MR) is 61.8 cm³/mol. The molecule has 1 saturated carbocycles. The first-order chi connectivity index (χ1) is 7.66. The van der Waals surface area contributed by atoms with E-state index in [-0.39, 0.29) is 11.7 Å². The van der Waals surface area contributed by atoms with Crippen LogP contribution in [0.2, 0.25) is 0 Å². The summed E-state index contributed by atoms with van der Waals surface area (Å²) in [5, 5.41) is 8.78. The lowest BCUT2D eigenvalue weighted by Crippen LogP contribution is -2.12. The average molecular weight is 286 g/mol. The maximum atomic E-state index is 10.7. The van der Waals surface area contributed by atoms with Crippen molar-refractivity contribution in [3.8, 4) is 5.88 Å². The Balaban J connectivity index is 2.12. The third-order valence-electron chi connectivity index (χ3n) is 2.63. The molecule has 1 heterocycles. The van der Waals surface area contributed by atoms with Crippen LogP contribution in [0.5, 0.6) is 5.88 Å². The molecular weight excluding hydrogens is 274 g/mol. The third-order valence-corrected chi connectivity index (χ3v) is 3.20. The van der Waals surface area contributed by atoms with Gasteiger partial charge in [-0.2, -0.15) is 0 Å². The number of ether oxygens (including phenoxy) is 1. The van der Waals surface area contributed by atoms with Gasteiger partial charge < -0.3 is 9.84 Å². The molecule has 0 amide bonds. The van der Waals surface area contributed by atoms with E-state index in [2.05, 4.69) is 20.9 Å². The molecule has 2 rings (SSSR count). The van der Waals surface area contributed by atoms with Crippen molar-refractivity contribution in [1.82, 2.24) is 4.98 Å². The van der Waals surface area contributed by atoms with Gasteiger partial charge in [0.2, 0.25) is 5.88 Å². The van der Waals surface area contributed by atoms with Gasteiger partial charge in [0.15, 0.2) is 0 Å². The quantitative estimate of drug-likeness (QED) is 0.928. The molecule has 5 heteroatoms. The molecule has 1 fully saturated rings. The number of carboxylic acid groups (broad SMARTS) is 1. The van der Waals surface area contributed by atoms with Crippen molar-refractivity contribution >= 4 is 21.9 Å². The summed E-state index contributed by atoms with van der Waals surface area (Å²) in [5.74, 6) is -0.502. The van der Waals surface area contributed by atoms with E-state index in [4.69, 9.17) is 9.84 Å². The highest BCUT2D eigenvalue weighted by atomic mass is 79.9. The number of hydrogen-bond acceptors (Lipinski definition) is 3. The van der Waals surface area contributed by atoms with Crippen molar-refractivity contribution < 1.29 is 14.6 Å². The second kappa shape index (κ2) is 4.82. The molecule has 0 spiro atoms. The van der Waals surface area contributed by atoms with Gasteiger partial charge in [-0.25, -0.2) is 9.78 Å². The fourth-order valence-electron chi connectivity index (χ4n) is 1.79. The minimum Gasteiger partial charge on any atom is -0.478 e. The molecule has 86 valence electrons. The molecule has 4 nitrogen and oxygen atoms in total.